The van der Waals surface area contributed by atoms with Gasteiger partial charge in [0.1, 0.15) is 0 Å². The number of hydrogen-bond acceptors (Lipinski definition) is 7. The van der Waals surface area contributed by atoms with Crippen molar-refractivity contribution in [3.8, 4) is 17.2 Å². The molecule has 0 aliphatic carbocycles. The highest BCUT2D eigenvalue weighted by Gasteiger charge is 2.12. The summed E-state index contributed by atoms with van der Waals surface area (Å²) in [6.45, 7) is 0. The molecule has 28 heavy (non-hydrogen) atoms. The number of nitro benzene ring substituents is 1. The van der Waals surface area contributed by atoms with Crippen molar-refractivity contribution in [1.82, 2.24) is 0 Å². The quantitative estimate of drug-likeness (QED) is 0.310. The molecule has 0 bridgehead atoms. The van der Waals surface area contributed by atoms with Crippen LogP contribution in [0.4, 0.5) is 5.69 Å². The fraction of sp³-hybridized carbons (Fsp3) is 0.100. The van der Waals surface area contributed by atoms with Gasteiger partial charge in [0.15, 0.2) is 28.8 Å². The maximum Gasteiger partial charge on any atom is 0.311 e. The number of methoxy groups -OCH3 is 1. The molecule has 8 heteroatoms. The average molecular weight is 383 g/mol. The molecule has 0 fully saturated rings. The van der Waals surface area contributed by atoms with Crippen LogP contribution in [0.2, 0.25) is 0 Å². The van der Waals surface area contributed by atoms with Crippen molar-refractivity contribution in [2.75, 3.05) is 7.11 Å². The van der Waals surface area contributed by atoms with Crippen molar-refractivity contribution in [1.29, 1.82) is 0 Å². The van der Waals surface area contributed by atoms with Gasteiger partial charge in [-0.2, -0.15) is 0 Å². The first-order valence-electron chi connectivity index (χ1n) is 8.06. The first-order valence-corrected chi connectivity index (χ1v) is 8.06. The normalized spacial score (nSPS) is 11.0. The van der Waals surface area contributed by atoms with E-state index in [2.05, 4.69) is 0 Å². The van der Waals surface area contributed by atoms with Crippen molar-refractivity contribution >= 4 is 29.4 Å². The van der Waals surface area contributed by atoms with Crippen molar-refractivity contribution in [3.63, 3.8) is 0 Å². The zero-order chi connectivity index (χ0) is 20.7. The van der Waals surface area contributed by atoms with E-state index >= 15 is 0 Å². The Balaban J connectivity index is 1.98. The largest absolute Gasteiger partial charge is 0.504 e. The van der Waals surface area contributed by atoms with Gasteiger partial charge in [0, 0.05) is 6.07 Å². The van der Waals surface area contributed by atoms with Gasteiger partial charge in [-0.15, -0.1) is 0 Å². The molecule has 2 N–H and O–H groups in total. The predicted molar refractivity (Wildman–Crippen MR) is 102 cm³/mol. The number of aromatic hydroxyl groups is 2. The highest BCUT2D eigenvalue weighted by Crippen LogP contribution is 2.27. The molecule has 0 aliphatic rings. The highest BCUT2D eigenvalue weighted by molar-refractivity contribution is 6.10. The molecular formula is C20H17NO7. The summed E-state index contributed by atoms with van der Waals surface area (Å²) in [5.41, 5.74) is 0.428. The second-order valence-electron chi connectivity index (χ2n) is 5.71. The zero-order valence-electron chi connectivity index (χ0n) is 14.9. The summed E-state index contributed by atoms with van der Waals surface area (Å²) in [5, 5.41) is 29.9. The Morgan fingerprint density at radius 2 is 1.57 bits per heavy atom. The molecule has 0 spiro atoms. The van der Waals surface area contributed by atoms with E-state index in [1.807, 2.05) is 0 Å². The Kier molecular flexibility index (Phi) is 6.64. The van der Waals surface area contributed by atoms with Crippen molar-refractivity contribution in [2.45, 2.75) is 6.42 Å². The van der Waals surface area contributed by atoms with E-state index < -0.39 is 27.9 Å². The number of ether oxygens (including phenoxy) is 1. The molecule has 0 unspecified atom stereocenters. The number of nitrogens with zero attached hydrogens (tertiary/aromatic N) is 1. The molecule has 2 aromatic rings. The minimum atomic E-state index is -0.736. The number of nitro groups is 1. The Morgan fingerprint density at radius 1 is 1.00 bits per heavy atom. The maximum atomic E-state index is 11.9. The van der Waals surface area contributed by atoms with Crippen LogP contribution in [0.3, 0.4) is 0 Å². The Hall–Kier alpha value is -3.94. The number of ketones is 2. The minimum Gasteiger partial charge on any atom is -0.504 e. The molecule has 144 valence electrons. The van der Waals surface area contributed by atoms with Crippen LogP contribution in [0.15, 0.2) is 48.6 Å². The summed E-state index contributed by atoms with van der Waals surface area (Å²) < 4.78 is 4.92. The molecule has 0 saturated carbocycles. The Labute approximate surface area is 160 Å². The summed E-state index contributed by atoms with van der Waals surface area (Å²) in [7, 11) is 1.42. The monoisotopic (exact) mass is 383 g/mol. The average Bonchev–Trinajstić information content (AvgIpc) is 2.65. The van der Waals surface area contributed by atoms with Gasteiger partial charge < -0.3 is 14.9 Å². The third kappa shape index (κ3) is 5.53. The first kappa shape index (κ1) is 20.4. The summed E-state index contributed by atoms with van der Waals surface area (Å²) >= 11 is 0. The van der Waals surface area contributed by atoms with Crippen molar-refractivity contribution < 1.29 is 29.5 Å². The number of phenolic OH excluding ortho intramolecular Hbond substituents is 2. The second kappa shape index (κ2) is 9.13. The maximum absolute atomic E-state index is 11.9. The number of carbonyl (C=O) groups is 2. The van der Waals surface area contributed by atoms with Crippen LogP contribution in [0, 0.1) is 10.1 Å². The number of carbonyl (C=O) groups excluding carboxylic acids is 2. The molecule has 2 rings (SSSR count). The van der Waals surface area contributed by atoms with E-state index in [-0.39, 0.29) is 12.2 Å². The van der Waals surface area contributed by atoms with Crippen molar-refractivity contribution in [2.24, 2.45) is 0 Å². The van der Waals surface area contributed by atoms with Gasteiger partial charge in [0.25, 0.3) is 0 Å². The van der Waals surface area contributed by atoms with Crippen LogP contribution in [0.25, 0.3) is 12.2 Å². The van der Waals surface area contributed by atoms with Crippen LogP contribution in [-0.2, 0) is 9.59 Å². The molecule has 0 heterocycles. The minimum absolute atomic E-state index is 0.0703. The molecule has 8 nitrogen and oxygen atoms in total. The van der Waals surface area contributed by atoms with E-state index in [0.717, 1.165) is 18.2 Å². The van der Waals surface area contributed by atoms with Gasteiger partial charge in [-0.3, -0.25) is 19.7 Å². The van der Waals surface area contributed by atoms with E-state index in [4.69, 9.17) is 4.74 Å². The first-order chi connectivity index (χ1) is 13.3. The topological polar surface area (TPSA) is 127 Å². The number of hydrogen-bond donors (Lipinski definition) is 2. The van der Waals surface area contributed by atoms with Gasteiger partial charge in [0.2, 0.25) is 0 Å². The molecule has 0 amide bonds. The SMILES string of the molecule is COc1ccc(C=CC(=O)CC(=O)C=Cc2ccc(O)c([N+](=O)[O-])c2)cc1O. The molecule has 0 atom stereocenters. The van der Waals surface area contributed by atoms with Gasteiger partial charge in [0.05, 0.1) is 18.5 Å². The lowest BCUT2D eigenvalue weighted by molar-refractivity contribution is -0.385. The van der Waals surface area contributed by atoms with Crippen LogP contribution in [0.1, 0.15) is 17.5 Å². The standard InChI is InChI=1S/C20H17NO7/c1-28-20-9-5-14(11-19(20)25)3-7-16(23)12-15(22)6-2-13-4-8-18(24)17(10-13)21(26)27/h2-11,24-25H,12H2,1H3. The van der Waals surface area contributed by atoms with Gasteiger partial charge in [-0.05, 0) is 41.5 Å². The van der Waals surface area contributed by atoms with Crippen LogP contribution in [-0.4, -0.2) is 33.8 Å². The molecule has 2 aromatic carbocycles. The number of allylic oxidation sites excluding steroid dienone is 2. The summed E-state index contributed by atoms with van der Waals surface area (Å²) in [4.78, 5) is 33.8. The summed E-state index contributed by atoms with van der Waals surface area (Å²) in [5.74, 6) is -1.17. The van der Waals surface area contributed by atoms with E-state index in [1.54, 1.807) is 12.1 Å². The van der Waals surface area contributed by atoms with Crippen LogP contribution in [0.5, 0.6) is 17.2 Å². The van der Waals surface area contributed by atoms with Gasteiger partial charge in [-0.1, -0.05) is 24.3 Å². The third-order valence-corrected chi connectivity index (χ3v) is 3.67. The molecule has 0 saturated heterocycles. The van der Waals surface area contributed by atoms with Gasteiger partial charge >= 0.3 is 5.69 Å². The second-order valence-corrected chi connectivity index (χ2v) is 5.71. The van der Waals surface area contributed by atoms with Crippen LogP contribution >= 0.6 is 0 Å². The number of benzene rings is 2. The van der Waals surface area contributed by atoms with E-state index in [0.29, 0.717) is 16.9 Å². The highest BCUT2D eigenvalue weighted by atomic mass is 16.6. The number of rotatable bonds is 8. The zero-order valence-corrected chi connectivity index (χ0v) is 14.9. The Bertz CT molecular complexity index is 977. The van der Waals surface area contributed by atoms with Crippen molar-refractivity contribution in [3.05, 3.63) is 69.8 Å². The van der Waals surface area contributed by atoms with E-state index in [9.17, 15) is 29.9 Å². The summed E-state index contributed by atoms with van der Waals surface area (Å²) in [6.07, 6.45) is 4.77. The van der Waals surface area contributed by atoms with E-state index in [1.165, 1.54) is 37.5 Å². The fourth-order valence-electron chi connectivity index (χ4n) is 2.27. The Morgan fingerprint density at radius 3 is 2.11 bits per heavy atom. The predicted octanol–water partition coefficient (Wildman–Crippen LogP) is 3.27. The lowest BCUT2D eigenvalue weighted by Gasteiger charge is -2.03. The third-order valence-electron chi connectivity index (χ3n) is 3.67. The number of phenols is 2. The van der Waals surface area contributed by atoms with Crippen LogP contribution < -0.4 is 4.74 Å². The molecule has 0 aliphatic heterocycles. The molecule has 0 aromatic heterocycles. The van der Waals surface area contributed by atoms with Gasteiger partial charge in [-0.25, -0.2) is 0 Å². The summed E-state index contributed by atoms with van der Waals surface area (Å²) in [6, 6.07) is 8.29. The fourth-order valence-corrected chi connectivity index (χ4v) is 2.27. The molecule has 0 radical (unpaired) electrons. The smallest absolute Gasteiger partial charge is 0.311 e. The molecular weight excluding hydrogens is 366 g/mol. The lowest BCUT2D eigenvalue weighted by Crippen LogP contribution is -2.01. The lowest BCUT2D eigenvalue weighted by atomic mass is 10.1.